The van der Waals surface area contributed by atoms with E-state index in [1.54, 1.807) is 12.2 Å². The lowest BCUT2D eigenvalue weighted by molar-refractivity contribution is -0.139. The van der Waals surface area contributed by atoms with Crippen LogP contribution in [-0.2, 0) is 19.1 Å². The van der Waals surface area contributed by atoms with Crippen LogP contribution in [0.3, 0.4) is 0 Å². The lowest BCUT2D eigenvalue weighted by Gasteiger charge is -2.58. The first-order chi connectivity index (χ1) is 13.2. The number of esters is 1. The Morgan fingerprint density at radius 3 is 2.71 bits per heavy atom. The van der Waals surface area contributed by atoms with E-state index >= 15 is 0 Å². The molecule has 5 nitrogen and oxygen atoms in total. The standard InChI is InChI=1S/C23H28O5/c1-13(25)28-20(12-24)18-7-6-17-16-5-4-14-10-15(26)8-9-22(14,2)21(16)19(27)11-23(17,18)3/h8-10,12,16-17,19,21,27H,4-7,11H2,1-3H3/b20-18-/t16-,17-,19-,21+,22-,23-/m0/s1. The molecule has 5 heteroatoms. The van der Waals surface area contributed by atoms with E-state index in [2.05, 4.69) is 13.8 Å². The van der Waals surface area contributed by atoms with Crippen molar-refractivity contribution in [1.82, 2.24) is 0 Å². The number of aliphatic hydroxyl groups excluding tert-OH is 1. The van der Waals surface area contributed by atoms with Crippen molar-refractivity contribution in [2.75, 3.05) is 0 Å². The van der Waals surface area contributed by atoms with E-state index < -0.39 is 12.1 Å². The van der Waals surface area contributed by atoms with Crippen LogP contribution in [0.2, 0.25) is 0 Å². The predicted molar refractivity (Wildman–Crippen MR) is 103 cm³/mol. The topological polar surface area (TPSA) is 80.7 Å². The molecule has 0 aromatic rings. The van der Waals surface area contributed by atoms with Gasteiger partial charge < -0.3 is 9.84 Å². The summed E-state index contributed by atoms with van der Waals surface area (Å²) < 4.78 is 5.22. The summed E-state index contributed by atoms with van der Waals surface area (Å²) in [7, 11) is 0. The summed E-state index contributed by atoms with van der Waals surface area (Å²) in [6, 6.07) is 0. The van der Waals surface area contributed by atoms with E-state index in [0.29, 0.717) is 31.0 Å². The van der Waals surface area contributed by atoms with E-state index in [1.807, 2.05) is 6.08 Å². The zero-order chi connectivity index (χ0) is 20.3. The van der Waals surface area contributed by atoms with Gasteiger partial charge in [-0.25, -0.2) is 0 Å². The number of fused-ring (bicyclic) bond motifs is 5. The number of aldehydes is 1. The summed E-state index contributed by atoms with van der Waals surface area (Å²) >= 11 is 0. The first-order valence-corrected chi connectivity index (χ1v) is 10.2. The number of allylic oxidation sites excluding steroid dienone is 6. The fourth-order valence-electron chi connectivity index (χ4n) is 6.85. The van der Waals surface area contributed by atoms with Crippen molar-refractivity contribution in [2.24, 2.45) is 28.6 Å². The first-order valence-electron chi connectivity index (χ1n) is 10.2. The molecule has 0 spiro atoms. The number of ether oxygens (including phenoxy) is 1. The summed E-state index contributed by atoms with van der Waals surface area (Å²) in [5.41, 5.74) is 1.36. The molecule has 0 unspecified atom stereocenters. The van der Waals surface area contributed by atoms with Crippen LogP contribution < -0.4 is 0 Å². The molecule has 6 atom stereocenters. The van der Waals surface area contributed by atoms with Crippen LogP contribution in [0.4, 0.5) is 0 Å². The van der Waals surface area contributed by atoms with Crippen LogP contribution in [0.5, 0.6) is 0 Å². The van der Waals surface area contributed by atoms with E-state index in [0.717, 1.165) is 30.4 Å². The van der Waals surface area contributed by atoms with Crippen LogP contribution in [0.25, 0.3) is 0 Å². The molecule has 4 rings (SSSR count). The molecule has 1 N–H and O–H groups in total. The molecule has 3 saturated carbocycles. The number of aliphatic hydroxyl groups is 1. The second-order valence-electron chi connectivity index (χ2n) is 9.30. The highest BCUT2D eigenvalue weighted by molar-refractivity contribution is 6.01. The highest BCUT2D eigenvalue weighted by Gasteiger charge is 2.60. The molecule has 28 heavy (non-hydrogen) atoms. The Balaban J connectivity index is 1.74. The van der Waals surface area contributed by atoms with Crippen LogP contribution >= 0.6 is 0 Å². The Hall–Kier alpha value is -2.01. The highest BCUT2D eigenvalue weighted by Crippen LogP contribution is 2.66. The normalized spacial score (nSPS) is 43.4. The predicted octanol–water partition coefficient (Wildman–Crippen LogP) is 3.28. The maximum atomic E-state index is 11.9. The van der Waals surface area contributed by atoms with Gasteiger partial charge in [0.1, 0.15) is 0 Å². The second-order valence-corrected chi connectivity index (χ2v) is 9.30. The van der Waals surface area contributed by atoms with Gasteiger partial charge in [0.2, 0.25) is 0 Å². The van der Waals surface area contributed by atoms with Crippen molar-refractivity contribution in [1.29, 1.82) is 0 Å². The lowest BCUT2D eigenvalue weighted by Crippen LogP contribution is -2.55. The minimum absolute atomic E-state index is 0.0316. The quantitative estimate of drug-likeness (QED) is 0.342. The average molecular weight is 384 g/mol. The molecule has 4 aliphatic rings. The number of carbonyl (C=O) groups is 3. The van der Waals surface area contributed by atoms with Crippen molar-refractivity contribution < 1.29 is 24.2 Å². The molecular weight excluding hydrogens is 356 g/mol. The van der Waals surface area contributed by atoms with Crippen LogP contribution in [0.15, 0.2) is 35.1 Å². The highest BCUT2D eigenvalue weighted by atomic mass is 16.5. The fourth-order valence-corrected chi connectivity index (χ4v) is 6.85. The van der Waals surface area contributed by atoms with Crippen molar-refractivity contribution in [3.63, 3.8) is 0 Å². The van der Waals surface area contributed by atoms with Gasteiger partial charge in [-0.1, -0.05) is 25.5 Å². The van der Waals surface area contributed by atoms with Gasteiger partial charge >= 0.3 is 5.97 Å². The van der Waals surface area contributed by atoms with Crippen molar-refractivity contribution >= 4 is 18.0 Å². The smallest absolute Gasteiger partial charge is 0.308 e. The Bertz CT molecular complexity index is 834. The molecule has 0 heterocycles. The van der Waals surface area contributed by atoms with E-state index in [-0.39, 0.29) is 28.3 Å². The minimum atomic E-state index is -0.545. The zero-order valence-corrected chi connectivity index (χ0v) is 16.7. The lowest BCUT2D eigenvalue weighted by atomic mass is 9.47. The number of rotatable bonds is 2. The summed E-state index contributed by atoms with van der Waals surface area (Å²) in [6.07, 6.45) is 9.45. The number of ketones is 1. The van der Waals surface area contributed by atoms with Crippen LogP contribution in [0, 0.1) is 28.6 Å². The second kappa shape index (κ2) is 6.51. The number of hydrogen-bond donors (Lipinski definition) is 1. The summed E-state index contributed by atoms with van der Waals surface area (Å²) in [5, 5.41) is 11.3. The molecule has 0 saturated heterocycles. The van der Waals surface area contributed by atoms with Crippen molar-refractivity contribution in [3.05, 3.63) is 35.1 Å². The van der Waals surface area contributed by atoms with Crippen molar-refractivity contribution in [3.8, 4) is 0 Å². The molecule has 0 aromatic carbocycles. The average Bonchev–Trinajstić information content (AvgIpc) is 2.96. The first kappa shape index (κ1) is 19.3. The third-order valence-corrected chi connectivity index (χ3v) is 7.94. The molecule has 0 aromatic heterocycles. The maximum Gasteiger partial charge on any atom is 0.308 e. The van der Waals surface area contributed by atoms with Gasteiger partial charge in [0.05, 0.1) is 6.10 Å². The Morgan fingerprint density at radius 2 is 2.04 bits per heavy atom. The Morgan fingerprint density at radius 1 is 1.29 bits per heavy atom. The van der Waals surface area contributed by atoms with Crippen LogP contribution in [0.1, 0.15) is 52.9 Å². The minimum Gasteiger partial charge on any atom is -0.423 e. The van der Waals surface area contributed by atoms with Gasteiger partial charge in [-0.2, -0.15) is 0 Å². The maximum absolute atomic E-state index is 11.9. The van der Waals surface area contributed by atoms with Gasteiger partial charge in [0, 0.05) is 18.3 Å². The van der Waals surface area contributed by atoms with E-state index in [4.69, 9.17) is 4.74 Å². The van der Waals surface area contributed by atoms with E-state index in [1.165, 1.54) is 6.92 Å². The van der Waals surface area contributed by atoms with Crippen molar-refractivity contribution in [2.45, 2.75) is 59.0 Å². The molecule has 3 fully saturated rings. The molecule has 4 aliphatic carbocycles. The number of hydrogen-bond acceptors (Lipinski definition) is 5. The third kappa shape index (κ3) is 2.66. The van der Waals surface area contributed by atoms with Gasteiger partial charge in [-0.3, -0.25) is 14.4 Å². The molecule has 0 amide bonds. The Kier molecular flexibility index (Phi) is 4.49. The fraction of sp³-hybridized carbons (Fsp3) is 0.609. The van der Waals surface area contributed by atoms with Crippen LogP contribution in [-0.4, -0.2) is 29.2 Å². The number of carbonyl (C=O) groups excluding carboxylic acids is 3. The summed E-state index contributed by atoms with van der Waals surface area (Å²) in [6.45, 7) is 5.56. The third-order valence-electron chi connectivity index (χ3n) is 7.94. The molecule has 0 bridgehead atoms. The molecule has 0 aliphatic heterocycles. The Labute approximate surface area is 165 Å². The summed E-state index contributed by atoms with van der Waals surface area (Å²) in [4.78, 5) is 34.9. The van der Waals surface area contributed by atoms with Gasteiger partial charge in [-0.15, -0.1) is 0 Å². The van der Waals surface area contributed by atoms with Gasteiger partial charge in [0.25, 0.3) is 0 Å². The van der Waals surface area contributed by atoms with Gasteiger partial charge in [-0.05, 0) is 67.1 Å². The van der Waals surface area contributed by atoms with Gasteiger partial charge in [0.15, 0.2) is 17.8 Å². The molecular formula is C23H28O5. The monoisotopic (exact) mass is 384 g/mol. The largest absolute Gasteiger partial charge is 0.423 e. The van der Waals surface area contributed by atoms with E-state index in [9.17, 15) is 19.5 Å². The molecule has 0 radical (unpaired) electrons. The zero-order valence-electron chi connectivity index (χ0n) is 16.7. The SMILES string of the molecule is CC(=O)O/C(C=O)=C1/CC[C@H]2[C@@H]3CCC4=CC(=O)C=C[C@]4(C)[C@H]3[C@@H](O)C[C@]12C. The summed E-state index contributed by atoms with van der Waals surface area (Å²) in [5.74, 6) is 0.357. The molecule has 150 valence electrons.